The van der Waals surface area contributed by atoms with E-state index in [1.165, 1.54) is 6.21 Å². The summed E-state index contributed by atoms with van der Waals surface area (Å²) < 4.78 is 4.99. The number of ether oxygens (including phenoxy) is 1. The average Bonchev–Trinajstić information content (AvgIpc) is 2.60. The fourth-order valence-electron chi connectivity index (χ4n) is 2.23. The van der Waals surface area contributed by atoms with Gasteiger partial charge in [-0.2, -0.15) is 5.10 Å². The van der Waals surface area contributed by atoms with E-state index in [1.807, 2.05) is 0 Å². The van der Waals surface area contributed by atoms with Gasteiger partial charge >= 0.3 is 5.97 Å². The van der Waals surface area contributed by atoms with E-state index in [4.69, 9.17) is 56.9 Å². The van der Waals surface area contributed by atoms with E-state index in [9.17, 15) is 4.79 Å². The molecule has 10 heteroatoms. The Morgan fingerprint density at radius 2 is 1.86 bits per heavy atom. The first kappa shape index (κ1) is 22.4. The quantitative estimate of drug-likeness (QED) is 0.164. The van der Waals surface area contributed by atoms with Crippen molar-refractivity contribution in [2.45, 2.75) is 19.5 Å². The molecule has 4 N–H and O–H groups in total. The predicted octanol–water partition coefficient (Wildman–Crippen LogP) is 5.20. The minimum atomic E-state index is -0.626. The van der Waals surface area contributed by atoms with E-state index in [0.717, 1.165) is 0 Å². The molecule has 150 valence electrons. The van der Waals surface area contributed by atoms with Gasteiger partial charge in [-0.15, -0.1) is 0 Å². The van der Waals surface area contributed by atoms with Crippen LogP contribution in [0.5, 0.6) is 0 Å². The van der Waals surface area contributed by atoms with Crippen LogP contribution in [-0.4, -0.2) is 25.0 Å². The number of benzene rings is 2. The van der Waals surface area contributed by atoms with Crippen LogP contribution in [0.15, 0.2) is 35.4 Å². The molecule has 0 fully saturated rings. The fraction of sp³-hybridized carbons (Fsp3) is 0.222. The first-order valence-electron chi connectivity index (χ1n) is 8.20. The van der Waals surface area contributed by atoms with Crippen molar-refractivity contribution in [1.82, 2.24) is 5.43 Å². The second-order valence-electron chi connectivity index (χ2n) is 5.62. The number of esters is 1. The second-order valence-corrected chi connectivity index (χ2v) is 7.27. The third-order valence-corrected chi connectivity index (χ3v) is 4.64. The van der Waals surface area contributed by atoms with Gasteiger partial charge in [0.1, 0.15) is 6.17 Å². The SMILES string of the molecule is CCOC(=O)CC(N/N=C/c1c(Cl)cc(Cl)cc1Cl)Nc1cc(N)ccc1Cl. The van der Waals surface area contributed by atoms with Crippen LogP contribution < -0.4 is 16.5 Å². The lowest BCUT2D eigenvalue weighted by Crippen LogP contribution is -2.35. The van der Waals surface area contributed by atoms with E-state index in [0.29, 0.717) is 37.0 Å². The van der Waals surface area contributed by atoms with Crippen molar-refractivity contribution >= 4 is 70.0 Å². The second kappa shape index (κ2) is 10.6. The molecule has 0 aromatic heterocycles. The summed E-state index contributed by atoms with van der Waals surface area (Å²) >= 11 is 24.3. The summed E-state index contributed by atoms with van der Waals surface area (Å²) in [5, 5.41) is 8.75. The summed E-state index contributed by atoms with van der Waals surface area (Å²) in [6.07, 6.45) is 0.791. The Morgan fingerprint density at radius 3 is 2.50 bits per heavy atom. The van der Waals surface area contributed by atoms with E-state index >= 15 is 0 Å². The normalized spacial score (nSPS) is 12.0. The maximum atomic E-state index is 11.9. The molecule has 2 aromatic rings. The molecule has 2 rings (SSSR count). The zero-order valence-corrected chi connectivity index (χ0v) is 17.8. The topological polar surface area (TPSA) is 88.7 Å². The zero-order chi connectivity index (χ0) is 20.7. The average molecular weight is 464 g/mol. The lowest BCUT2D eigenvalue weighted by atomic mass is 10.2. The molecule has 0 aliphatic heterocycles. The third-order valence-electron chi connectivity index (χ3n) is 3.46. The van der Waals surface area contributed by atoms with Gasteiger partial charge < -0.3 is 15.8 Å². The van der Waals surface area contributed by atoms with E-state index in [2.05, 4.69) is 15.8 Å². The molecule has 0 bridgehead atoms. The van der Waals surface area contributed by atoms with Crippen molar-refractivity contribution in [2.24, 2.45) is 5.10 Å². The summed E-state index contributed by atoms with van der Waals surface area (Å²) in [6, 6.07) is 8.08. The van der Waals surface area contributed by atoms with Crippen LogP contribution in [0.25, 0.3) is 0 Å². The molecule has 0 saturated carbocycles. The molecule has 1 atom stereocenters. The number of hydrogen-bond donors (Lipinski definition) is 3. The predicted molar refractivity (Wildman–Crippen MR) is 117 cm³/mol. The lowest BCUT2D eigenvalue weighted by molar-refractivity contribution is -0.143. The molecule has 0 spiro atoms. The van der Waals surface area contributed by atoms with Gasteiger partial charge in [-0.1, -0.05) is 46.4 Å². The standard InChI is InChI=1S/C18H18Cl4N4O2/c1-2-28-18(27)8-17(25-16-7-11(23)3-4-13(16)20)26-24-9-12-14(21)5-10(19)6-15(12)22/h3-7,9,17,25-26H,2,8,23H2,1H3/b24-9+. The largest absolute Gasteiger partial charge is 0.466 e. The number of nitrogen functional groups attached to an aromatic ring is 1. The van der Waals surface area contributed by atoms with Gasteiger partial charge in [-0.05, 0) is 37.3 Å². The molecular formula is C18H18Cl4N4O2. The van der Waals surface area contributed by atoms with Gasteiger partial charge in [-0.25, -0.2) is 0 Å². The van der Waals surface area contributed by atoms with E-state index in [1.54, 1.807) is 37.3 Å². The van der Waals surface area contributed by atoms with Gasteiger partial charge in [0.15, 0.2) is 0 Å². The van der Waals surface area contributed by atoms with Crippen LogP contribution in [0.3, 0.4) is 0 Å². The monoisotopic (exact) mass is 462 g/mol. The summed E-state index contributed by atoms with van der Waals surface area (Å²) in [5.41, 5.74) is 10.2. The van der Waals surface area contributed by atoms with Crippen LogP contribution in [-0.2, 0) is 9.53 Å². The Balaban J connectivity index is 2.17. The number of nitrogens with one attached hydrogen (secondary N) is 2. The smallest absolute Gasteiger partial charge is 0.309 e. The van der Waals surface area contributed by atoms with Crippen molar-refractivity contribution in [3.8, 4) is 0 Å². The van der Waals surface area contributed by atoms with Crippen LogP contribution in [0, 0.1) is 0 Å². The van der Waals surface area contributed by atoms with Crippen LogP contribution >= 0.6 is 46.4 Å². The fourth-order valence-corrected chi connectivity index (χ4v) is 3.31. The van der Waals surface area contributed by atoms with Crippen LogP contribution in [0.1, 0.15) is 18.9 Å². The van der Waals surface area contributed by atoms with Crippen LogP contribution in [0.2, 0.25) is 20.1 Å². The van der Waals surface area contributed by atoms with Crippen molar-refractivity contribution < 1.29 is 9.53 Å². The number of carbonyl (C=O) groups excluding carboxylic acids is 1. The van der Waals surface area contributed by atoms with Gasteiger partial charge in [0.05, 0.1) is 40.0 Å². The first-order chi connectivity index (χ1) is 13.3. The molecular weight excluding hydrogens is 446 g/mol. The maximum absolute atomic E-state index is 11.9. The molecule has 1 unspecified atom stereocenters. The van der Waals surface area contributed by atoms with Crippen molar-refractivity contribution in [3.05, 3.63) is 56.0 Å². The van der Waals surface area contributed by atoms with Gasteiger partial charge in [0.25, 0.3) is 0 Å². The van der Waals surface area contributed by atoms with Crippen molar-refractivity contribution in [2.75, 3.05) is 17.7 Å². The molecule has 0 heterocycles. The minimum Gasteiger partial charge on any atom is -0.466 e. The number of hydrazone groups is 1. The summed E-state index contributed by atoms with van der Waals surface area (Å²) in [6.45, 7) is 2.00. The van der Waals surface area contributed by atoms with E-state index in [-0.39, 0.29) is 13.0 Å². The number of carbonyl (C=O) groups is 1. The molecule has 28 heavy (non-hydrogen) atoms. The number of nitrogens with two attached hydrogens (primary N) is 1. The Labute approximate surface area is 182 Å². The molecule has 6 nitrogen and oxygen atoms in total. The number of hydrogen-bond acceptors (Lipinski definition) is 6. The Morgan fingerprint density at radius 1 is 1.18 bits per heavy atom. The van der Waals surface area contributed by atoms with Crippen LogP contribution in [0.4, 0.5) is 11.4 Å². The number of anilines is 2. The molecule has 0 radical (unpaired) electrons. The minimum absolute atomic E-state index is 0.0155. The highest BCUT2D eigenvalue weighted by atomic mass is 35.5. The highest BCUT2D eigenvalue weighted by molar-refractivity contribution is 6.41. The zero-order valence-electron chi connectivity index (χ0n) is 14.8. The van der Waals surface area contributed by atoms with E-state index < -0.39 is 12.1 Å². The maximum Gasteiger partial charge on any atom is 0.309 e. The summed E-state index contributed by atoms with van der Waals surface area (Å²) in [5.74, 6) is -0.412. The summed E-state index contributed by atoms with van der Waals surface area (Å²) in [4.78, 5) is 11.9. The highest BCUT2D eigenvalue weighted by Crippen LogP contribution is 2.28. The molecule has 0 aliphatic carbocycles. The number of rotatable bonds is 8. The van der Waals surface area contributed by atoms with Gasteiger partial charge in [0, 0.05) is 16.3 Å². The highest BCUT2D eigenvalue weighted by Gasteiger charge is 2.16. The Bertz CT molecular complexity index is 854. The number of nitrogens with zero attached hydrogens (tertiary/aromatic N) is 1. The number of halogens is 4. The van der Waals surface area contributed by atoms with Gasteiger partial charge in [-0.3, -0.25) is 10.2 Å². The van der Waals surface area contributed by atoms with Crippen molar-refractivity contribution in [1.29, 1.82) is 0 Å². The summed E-state index contributed by atoms with van der Waals surface area (Å²) in [7, 11) is 0. The van der Waals surface area contributed by atoms with Crippen molar-refractivity contribution in [3.63, 3.8) is 0 Å². The van der Waals surface area contributed by atoms with Gasteiger partial charge in [0.2, 0.25) is 0 Å². The molecule has 0 amide bonds. The Kier molecular flexibility index (Phi) is 8.51. The molecule has 0 aliphatic rings. The molecule has 0 saturated heterocycles. The molecule has 2 aromatic carbocycles. The third kappa shape index (κ3) is 6.63. The lowest BCUT2D eigenvalue weighted by Gasteiger charge is -2.20. The first-order valence-corrected chi connectivity index (χ1v) is 9.71. The Hall–Kier alpha value is -1.86.